The predicted octanol–water partition coefficient (Wildman–Crippen LogP) is -0.671. The lowest BCUT2D eigenvalue weighted by molar-refractivity contribution is 0.394. The van der Waals surface area contributed by atoms with E-state index in [2.05, 4.69) is 9.97 Å². The van der Waals surface area contributed by atoms with E-state index in [0.717, 1.165) is 4.57 Å². The van der Waals surface area contributed by atoms with Crippen LogP contribution < -0.4 is 33.0 Å². The molecule has 1 aliphatic rings. The monoisotopic (exact) mass is 369 g/mol. The summed E-state index contributed by atoms with van der Waals surface area (Å²) >= 11 is 0. The number of H-pyrrole nitrogens is 2. The first-order valence-electron chi connectivity index (χ1n) is 8.00. The van der Waals surface area contributed by atoms with E-state index in [0.29, 0.717) is 11.3 Å². The molecule has 0 spiro atoms. The van der Waals surface area contributed by atoms with Gasteiger partial charge in [-0.05, 0) is 6.07 Å². The lowest BCUT2D eigenvalue weighted by atomic mass is 9.84. The Morgan fingerprint density at radius 1 is 1.00 bits per heavy atom. The molecule has 3 aromatic rings. The third-order valence-corrected chi connectivity index (χ3v) is 4.67. The number of nitrogen functional groups attached to an aromatic ring is 1. The standard InChI is InChI=1S/C17H15N5O5/c1-21-14(24)11-9(10-12(18)19-16(25)20-13(10)23)7-5-3-4-6-8(7)27-15(11)22(2)17(21)26/h3-6,9H,1-2H3,(H4,18,19,20,23,25). The van der Waals surface area contributed by atoms with Gasteiger partial charge in [0.15, 0.2) is 0 Å². The molecule has 27 heavy (non-hydrogen) atoms. The maximum absolute atomic E-state index is 12.9. The van der Waals surface area contributed by atoms with Crippen molar-refractivity contribution in [3.8, 4) is 11.6 Å². The minimum Gasteiger partial charge on any atom is -0.440 e. The molecule has 0 saturated heterocycles. The van der Waals surface area contributed by atoms with Gasteiger partial charge in [0.05, 0.1) is 17.0 Å². The molecule has 10 nitrogen and oxygen atoms in total. The van der Waals surface area contributed by atoms with E-state index in [9.17, 15) is 19.2 Å². The summed E-state index contributed by atoms with van der Waals surface area (Å²) in [6.07, 6.45) is 0. The van der Waals surface area contributed by atoms with Gasteiger partial charge in [0.2, 0.25) is 5.88 Å². The van der Waals surface area contributed by atoms with E-state index >= 15 is 0 Å². The van der Waals surface area contributed by atoms with Crippen LogP contribution in [0.2, 0.25) is 0 Å². The third kappa shape index (κ3) is 2.26. The van der Waals surface area contributed by atoms with Crippen LogP contribution in [0.3, 0.4) is 0 Å². The van der Waals surface area contributed by atoms with Gasteiger partial charge in [-0.1, -0.05) is 18.2 Å². The Labute approximate surface area is 150 Å². The second-order valence-corrected chi connectivity index (χ2v) is 6.23. The number of para-hydroxylation sites is 1. The maximum Gasteiger partial charge on any atom is 0.333 e. The minimum atomic E-state index is -0.920. The number of hydrogen-bond donors (Lipinski definition) is 3. The van der Waals surface area contributed by atoms with Gasteiger partial charge in [-0.25, -0.2) is 9.59 Å². The molecular formula is C17H15N5O5. The Bertz CT molecular complexity index is 1330. The average molecular weight is 369 g/mol. The number of nitrogens with one attached hydrogen (secondary N) is 2. The van der Waals surface area contributed by atoms with E-state index in [4.69, 9.17) is 10.5 Å². The van der Waals surface area contributed by atoms with Crippen LogP contribution in [0.15, 0.2) is 43.4 Å². The van der Waals surface area contributed by atoms with Gasteiger partial charge >= 0.3 is 11.4 Å². The largest absolute Gasteiger partial charge is 0.440 e. The van der Waals surface area contributed by atoms with Crippen molar-refractivity contribution in [2.24, 2.45) is 14.1 Å². The number of rotatable bonds is 1. The quantitative estimate of drug-likeness (QED) is 0.406. The van der Waals surface area contributed by atoms with Crippen LogP contribution in [0, 0.1) is 0 Å². The predicted molar refractivity (Wildman–Crippen MR) is 96.5 cm³/mol. The molecule has 1 aliphatic heterocycles. The topological polar surface area (TPSA) is 145 Å². The van der Waals surface area contributed by atoms with Crippen LogP contribution in [-0.4, -0.2) is 19.1 Å². The highest BCUT2D eigenvalue weighted by atomic mass is 16.5. The molecule has 0 fully saturated rings. The Morgan fingerprint density at radius 3 is 2.41 bits per heavy atom. The molecule has 3 heterocycles. The molecule has 138 valence electrons. The Hall–Kier alpha value is -3.82. The second kappa shape index (κ2) is 5.59. The molecule has 1 aromatic carbocycles. The van der Waals surface area contributed by atoms with Gasteiger partial charge in [-0.2, -0.15) is 0 Å². The lowest BCUT2D eigenvalue weighted by Crippen LogP contribution is -2.42. The molecule has 1 atom stereocenters. The SMILES string of the molecule is Cn1c2c(c(=O)n(C)c1=O)C(c1c(N)[nH]c(=O)[nH]c1=O)c1ccccc1O2. The highest BCUT2D eigenvalue weighted by Crippen LogP contribution is 2.44. The zero-order chi connectivity index (χ0) is 19.5. The first-order valence-corrected chi connectivity index (χ1v) is 8.00. The lowest BCUT2D eigenvalue weighted by Gasteiger charge is -2.29. The minimum absolute atomic E-state index is 0.00217. The number of hydrogen-bond acceptors (Lipinski definition) is 6. The highest BCUT2D eigenvalue weighted by Gasteiger charge is 2.36. The van der Waals surface area contributed by atoms with Gasteiger partial charge in [0.25, 0.3) is 11.1 Å². The van der Waals surface area contributed by atoms with Crippen molar-refractivity contribution in [1.29, 1.82) is 0 Å². The fourth-order valence-electron chi connectivity index (χ4n) is 3.39. The molecule has 0 aliphatic carbocycles. The van der Waals surface area contributed by atoms with Gasteiger partial charge in [-0.3, -0.25) is 28.7 Å². The Morgan fingerprint density at radius 2 is 1.70 bits per heavy atom. The first-order chi connectivity index (χ1) is 12.8. The van der Waals surface area contributed by atoms with E-state index in [1.165, 1.54) is 18.7 Å². The van der Waals surface area contributed by atoms with E-state index in [1.54, 1.807) is 24.3 Å². The molecular weight excluding hydrogens is 354 g/mol. The average Bonchev–Trinajstić information content (AvgIpc) is 2.63. The fourth-order valence-corrected chi connectivity index (χ4v) is 3.39. The zero-order valence-corrected chi connectivity index (χ0v) is 14.4. The number of benzene rings is 1. The fraction of sp³-hybridized carbons (Fsp3) is 0.176. The van der Waals surface area contributed by atoms with Crippen molar-refractivity contribution in [1.82, 2.24) is 19.1 Å². The highest BCUT2D eigenvalue weighted by molar-refractivity contribution is 5.59. The van der Waals surface area contributed by atoms with Gasteiger partial charge < -0.3 is 10.5 Å². The van der Waals surface area contributed by atoms with Crippen molar-refractivity contribution < 1.29 is 4.74 Å². The summed E-state index contributed by atoms with van der Waals surface area (Å²) in [6, 6.07) is 6.80. The molecule has 10 heteroatoms. The summed E-state index contributed by atoms with van der Waals surface area (Å²) in [5.74, 6) is -0.677. The van der Waals surface area contributed by atoms with Crippen molar-refractivity contribution in [3.05, 3.63) is 82.6 Å². The van der Waals surface area contributed by atoms with Crippen molar-refractivity contribution in [2.75, 3.05) is 5.73 Å². The van der Waals surface area contributed by atoms with E-state index in [-0.39, 0.29) is 22.8 Å². The van der Waals surface area contributed by atoms with Gasteiger partial charge in [0.1, 0.15) is 11.6 Å². The zero-order valence-electron chi connectivity index (χ0n) is 14.4. The first kappa shape index (κ1) is 16.6. The number of aromatic nitrogens is 4. The molecule has 1 unspecified atom stereocenters. The molecule has 2 aromatic heterocycles. The number of aromatic amines is 2. The number of ether oxygens (including phenoxy) is 1. The number of nitrogens with zero attached hydrogens (tertiary/aromatic N) is 2. The smallest absolute Gasteiger partial charge is 0.333 e. The molecule has 0 radical (unpaired) electrons. The van der Waals surface area contributed by atoms with Crippen LogP contribution in [-0.2, 0) is 14.1 Å². The Balaban J connectivity index is 2.20. The van der Waals surface area contributed by atoms with Crippen LogP contribution >= 0.6 is 0 Å². The molecule has 4 N–H and O–H groups in total. The number of fused-ring (bicyclic) bond motifs is 2. The summed E-state index contributed by atoms with van der Waals surface area (Å²) in [7, 11) is 2.80. The van der Waals surface area contributed by atoms with E-state index < -0.39 is 28.4 Å². The molecule has 0 amide bonds. The normalized spacial score (nSPS) is 15.0. The molecule has 0 saturated carbocycles. The van der Waals surface area contributed by atoms with Crippen LogP contribution in [0.25, 0.3) is 0 Å². The molecule has 4 rings (SSSR count). The molecule has 0 bridgehead atoms. The van der Waals surface area contributed by atoms with Gasteiger partial charge in [-0.15, -0.1) is 0 Å². The summed E-state index contributed by atoms with van der Waals surface area (Å²) < 4.78 is 7.92. The summed E-state index contributed by atoms with van der Waals surface area (Å²) in [5, 5.41) is 0. The number of anilines is 1. The second-order valence-electron chi connectivity index (χ2n) is 6.23. The summed E-state index contributed by atoms with van der Waals surface area (Å²) in [4.78, 5) is 53.8. The van der Waals surface area contributed by atoms with Crippen molar-refractivity contribution in [2.45, 2.75) is 5.92 Å². The maximum atomic E-state index is 12.9. The number of nitrogens with two attached hydrogens (primary N) is 1. The third-order valence-electron chi connectivity index (χ3n) is 4.67. The van der Waals surface area contributed by atoms with Crippen LogP contribution in [0.5, 0.6) is 11.6 Å². The van der Waals surface area contributed by atoms with Crippen LogP contribution in [0.4, 0.5) is 5.82 Å². The summed E-state index contributed by atoms with van der Waals surface area (Å²) in [5.41, 5.74) is 3.88. The van der Waals surface area contributed by atoms with Crippen molar-refractivity contribution >= 4 is 5.82 Å². The van der Waals surface area contributed by atoms with Gasteiger partial charge in [0, 0.05) is 19.7 Å². The van der Waals surface area contributed by atoms with Crippen LogP contribution in [0.1, 0.15) is 22.6 Å². The summed E-state index contributed by atoms with van der Waals surface area (Å²) in [6.45, 7) is 0. The van der Waals surface area contributed by atoms with Crippen molar-refractivity contribution in [3.63, 3.8) is 0 Å². The Kier molecular flexibility index (Phi) is 3.45. The van der Waals surface area contributed by atoms with E-state index in [1.807, 2.05) is 0 Å².